The lowest BCUT2D eigenvalue weighted by atomic mass is 10.0. The molecule has 1 N–H and O–H groups in total. The number of nitrogens with zero attached hydrogens (tertiary/aromatic N) is 1. The molecular weight excluding hydrogens is 311 g/mol. The Hall–Kier alpha value is -0.650. The first-order valence-electron chi connectivity index (χ1n) is 6.69. The minimum Gasteiger partial charge on any atom is -0.494 e. The molecule has 1 fully saturated rings. The van der Waals surface area contributed by atoms with Gasteiger partial charge in [-0.3, -0.25) is 4.90 Å². The molecule has 1 atom stereocenters. The molecule has 1 aromatic rings. The Morgan fingerprint density at radius 1 is 1.42 bits per heavy atom. The van der Waals surface area contributed by atoms with Crippen molar-refractivity contribution in [2.24, 2.45) is 0 Å². The van der Waals surface area contributed by atoms with Crippen molar-refractivity contribution < 1.29 is 9.13 Å². The SMILES string of the molecule is CCOc1ccc(Br)cc1[C@H](CF)N1CCNCC1. The molecule has 1 heterocycles. The maximum atomic E-state index is 13.5. The van der Waals surface area contributed by atoms with E-state index in [-0.39, 0.29) is 6.04 Å². The number of benzene rings is 1. The van der Waals surface area contributed by atoms with Crippen molar-refractivity contribution in [3.63, 3.8) is 0 Å². The second-order valence-corrected chi connectivity index (χ2v) is 5.49. The normalized spacial score (nSPS) is 18.3. The molecule has 0 radical (unpaired) electrons. The van der Waals surface area contributed by atoms with E-state index in [4.69, 9.17) is 4.74 Å². The van der Waals surface area contributed by atoms with Gasteiger partial charge in [0.2, 0.25) is 0 Å². The van der Waals surface area contributed by atoms with Gasteiger partial charge in [0.25, 0.3) is 0 Å². The molecule has 0 unspecified atom stereocenters. The van der Waals surface area contributed by atoms with E-state index in [1.165, 1.54) is 0 Å². The molecule has 0 aliphatic carbocycles. The zero-order chi connectivity index (χ0) is 13.7. The lowest BCUT2D eigenvalue weighted by molar-refractivity contribution is 0.144. The van der Waals surface area contributed by atoms with E-state index >= 15 is 0 Å². The molecule has 1 aliphatic rings. The third-order valence-electron chi connectivity index (χ3n) is 3.37. The Bertz CT molecular complexity index is 410. The molecule has 1 saturated heterocycles. The summed E-state index contributed by atoms with van der Waals surface area (Å²) in [5.41, 5.74) is 0.931. The zero-order valence-electron chi connectivity index (χ0n) is 11.2. The average molecular weight is 331 g/mol. The molecule has 19 heavy (non-hydrogen) atoms. The van der Waals surface area contributed by atoms with Gasteiger partial charge < -0.3 is 10.1 Å². The van der Waals surface area contributed by atoms with E-state index in [1.807, 2.05) is 25.1 Å². The first-order chi connectivity index (χ1) is 9.26. The third kappa shape index (κ3) is 3.68. The summed E-state index contributed by atoms with van der Waals surface area (Å²) in [6, 6.07) is 5.59. The number of nitrogens with one attached hydrogen (secondary N) is 1. The fraction of sp³-hybridized carbons (Fsp3) is 0.571. The Balaban J connectivity index is 2.27. The van der Waals surface area contributed by atoms with Crippen LogP contribution in [0.5, 0.6) is 5.75 Å². The summed E-state index contributed by atoms with van der Waals surface area (Å²) in [5, 5.41) is 3.29. The van der Waals surface area contributed by atoms with Crippen LogP contribution in [0.3, 0.4) is 0 Å². The summed E-state index contributed by atoms with van der Waals surface area (Å²) in [6.07, 6.45) is 0. The smallest absolute Gasteiger partial charge is 0.124 e. The lowest BCUT2D eigenvalue weighted by Gasteiger charge is -2.34. The highest BCUT2D eigenvalue weighted by Gasteiger charge is 2.25. The molecule has 0 saturated carbocycles. The summed E-state index contributed by atoms with van der Waals surface area (Å²) < 4.78 is 20.1. The number of ether oxygens (including phenoxy) is 1. The molecule has 0 spiro atoms. The molecule has 0 bridgehead atoms. The second kappa shape index (κ2) is 7.22. The maximum Gasteiger partial charge on any atom is 0.124 e. The number of piperazine rings is 1. The van der Waals surface area contributed by atoms with Crippen molar-refractivity contribution in [2.75, 3.05) is 39.5 Å². The third-order valence-corrected chi connectivity index (χ3v) is 3.86. The standard InChI is InChI=1S/C14H20BrFN2O/c1-2-19-14-4-3-11(15)9-12(14)13(10-16)18-7-5-17-6-8-18/h3-4,9,13,17H,2,5-8,10H2,1H3/t13-/m0/s1. The minimum atomic E-state index is -0.392. The molecule has 1 aromatic carbocycles. The Kier molecular flexibility index (Phi) is 5.60. The Labute approximate surface area is 122 Å². The highest BCUT2D eigenvalue weighted by Crippen LogP contribution is 2.32. The van der Waals surface area contributed by atoms with Gasteiger partial charge >= 0.3 is 0 Å². The monoisotopic (exact) mass is 330 g/mol. The number of halogens is 2. The van der Waals surface area contributed by atoms with Gasteiger partial charge in [-0.2, -0.15) is 0 Å². The van der Waals surface area contributed by atoms with Gasteiger partial charge in [0.05, 0.1) is 12.6 Å². The van der Waals surface area contributed by atoms with Gasteiger partial charge in [-0.1, -0.05) is 15.9 Å². The molecule has 0 amide bonds. The second-order valence-electron chi connectivity index (χ2n) is 4.57. The quantitative estimate of drug-likeness (QED) is 0.898. The van der Waals surface area contributed by atoms with Crippen LogP contribution in [-0.4, -0.2) is 44.4 Å². The topological polar surface area (TPSA) is 24.5 Å². The van der Waals surface area contributed by atoms with E-state index in [0.717, 1.165) is 42.0 Å². The molecular formula is C14H20BrFN2O. The molecule has 0 aromatic heterocycles. The van der Waals surface area contributed by atoms with Crippen LogP contribution in [0.1, 0.15) is 18.5 Å². The van der Waals surface area contributed by atoms with E-state index in [9.17, 15) is 4.39 Å². The van der Waals surface area contributed by atoms with E-state index in [0.29, 0.717) is 6.61 Å². The van der Waals surface area contributed by atoms with Crippen LogP contribution in [0, 0.1) is 0 Å². The summed E-state index contributed by atoms with van der Waals surface area (Å²) in [5.74, 6) is 0.784. The summed E-state index contributed by atoms with van der Waals surface area (Å²) in [4.78, 5) is 2.18. The van der Waals surface area contributed by atoms with Crippen molar-refractivity contribution in [3.05, 3.63) is 28.2 Å². The van der Waals surface area contributed by atoms with Crippen molar-refractivity contribution in [3.8, 4) is 5.75 Å². The highest BCUT2D eigenvalue weighted by atomic mass is 79.9. The predicted octanol–water partition coefficient (Wildman–Crippen LogP) is 2.76. The highest BCUT2D eigenvalue weighted by molar-refractivity contribution is 9.10. The number of alkyl halides is 1. The number of hydrogen-bond acceptors (Lipinski definition) is 3. The van der Waals surface area contributed by atoms with Gasteiger partial charge in [0, 0.05) is 36.2 Å². The van der Waals surface area contributed by atoms with Crippen LogP contribution in [0.25, 0.3) is 0 Å². The molecule has 3 nitrogen and oxygen atoms in total. The van der Waals surface area contributed by atoms with Gasteiger partial charge in [0.15, 0.2) is 0 Å². The van der Waals surface area contributed by atoms with Gasteiger partial charge in [0.1, 0.15) is 12.4 Å². The first kappa shape index (κ1) is 14.8. The largest absolute Gasteiger partial charge is 0.494 e. The maximum absolute atomic E-state index is 13.5. The van der Waals surface area contributed by atoms with Crippen molar-refractivity contribution in [1.82, 2.24) is 10.2 Å². The fourth-order valence-electron chi connectivity index (χ4n) is 2.44. The van der Waals surface area contributed by atoms with Gasteiger partial charge in [-0.05, 0) is 25.1 Å². The van der Waals surface area contributed by atoms with Crippen LogP contribution in [-0.2, 0) is 0 Å². The van der Waals surface area contributed by atoms with E-state index < -0.39 is 6.67 Å². The molecule has 106 valence electrons. The Morgan fingerprint density at radius 3 is 2.79 bits per heavy atom. The molecule has 1 aliphatic heterocycles. The fourth-order valence-corrected chi connectivity index (χ4v) is 2.82. The summed E-state index contributed by atoms with van der Waals surface area (Å²) in [6.45, 7) is 5.70. The number of rotatable bonds is 5. The van der Waals surface area contributed by atoms with E-state index in [1.54, 1.807) is 0 Å². The summed E-state index contributed by atoms with van der Waals surface area (Å²) >= 11 is 3.46. The van der Waals surface area contributed by atoms with Crippen LogP contribution in [0.2, 0.25) is 0 Å². The molecule has 5 heteroatoms. The average Bonchev–Trinajstić information content (AvgIpc) is 2.44. The Morgan fingerprint density at radius 2 is 2.16 bits per heavy atom. The van der Waals surface area contributed by atoms with Crippen molar-refractivity contribution in [1.29, 1.82) is 0 Å². The molecule has 2 rings (SSSR count). The van der Waals surface area contributed by atoms with Gasteiger partial charge in [-0.25, -0.2) is 4.39 Å². The van der Waals surface area contributed by atoms with Crippen molar-refractivity contribution in [2.45, 2.75) is 13.0 Å². The van der Waals surface area contributed by atoms with Crippen molar-refractivity contribution >= 4 is 15.9 Å². The van der Waals surface area contributed by atoms with Crippen LogP contribution < -0.4 is 10.1 Å². The number of hydrogen-bond donors (Lipinski definition) is 1. The van der Waals surface area contributed by atoms with Crippen LogP contribution >= 0.6 is 15.9 Å². The lowest BCUT2D eigenvalue weighted by Crippen LogP contribution is -2.45. The predicted molar refractivity (Wildman–Crippen MR) is 78.5 cm³/mol. The minimum absolute atomic E-state index is 0.221. The van der Waals surface area contributed by atoms with Crippen LogP contribution in [0.15, 0.2) is 22.7 Å². The summed E-state index contributed by atoms with van der Waals surface area (Å²) in [7, 11) is 0. The van der Waals surface area contributed by atoms with Crippen LogP contribution in [0.4, 0.5) is 4.39 Å². The first-order valence-corrected chi connectivity index (χ1v) is 7.48. The zero-order valence-corrected chi connectivity index (χ0v) is 12.7. The van der Waals surface area contributed by atoms with E-state index in [2.05, 4.69) is 26.1 Å². The van der Waals surface area contributed by atoms with Gasteiger partial charge in [-0.15, -0.1) is 0 Å².